The molecule has 0 aliphatic heterocycles. The van der Waals surface area contributed by atoms with E-state index < -0.39 is 12.0 Å². The summed E-state index contributed by atoms with van der Waals surface area (Å²) < 4.78 is 4.04. The summed E-state index contributed by atoms with van der Waals surface area (Å²) in [4.78, 5) is 37.6. The molecule has 3 rings (SSSR count). The quantitative estimate of drug-likeness (QED) is 0.550. The maximum absolute atomic E-state index is 11.7. The van der Waals surface area contributed by atoms with Gasteiger partial charge < -0.3 is 20.5 Å². The molecule has 144 valence electrons. The number of aromatic nitrogens is 4. The van der Waals surface area contributed by atoms with Crippen LogP contribution in [-0.2, 0) is 32.4 Å². The number of benzene rings is 1. The van der Waals surface area contributed by atoms with Crippen LogP contribution >= 0.6 is 0 Å². The molecule has 3 aromatic rings. The van der Waals surface area contributed by atoms with Crippen molar-refractivity contribution >= 4 is 17.1 Å². The molecule has 0 radical (unpaired) electrons. The van der Waals surface area contributed by atoms with Crippen molar-refractivity contribution in [1.29, 1.82) is 0 Å². The number of aliphatic carboxylic acids is 1. The average molecular weight is 375 g/mol. The van der Waals surface area contributed by atoms with E-state index in [-0.39, 0.29) is 23.4 Å². The second-order valence-corrected chi connectivity index (χ2v) is 6.05. The summed E-state index contributed by atoms with van der Waals surface area (Å²) in [5.74, 6) is -0.860. The summed E-state index contributed by atoms with van der Waals surface area (Å²) >= 11 is 0. The normalized spacial score (nSPS) is 11.7. The molecular weight excluding hydrogens is 354 g/mol. The molecule has 2 aromatic heterocycles. The molecule has 2 heterocycles. The first-order chi connectivity index (χ1) is 12.6. The number of carboxylic acid groups (broad SMARTS) is 1. The smallest absolute Gasteiger partial charge is 0.332 e. The molecule has 0 bridgehead atoms. The number of phenols is 1. The largest absolute Gasteiger partial charge is 0.508 e. The summed E-state index contributed by atoms with van der Waals surface area (Å²) in [5.41, 5.74) is 6.30. The number of fused-ring (bicyclic) bond motifs is 1. The van der Waals surface area contributed by atoms with Crippen LogP contribution in [0.2, 0.25) is 0 Å². The number of imidazole rings is 1. The zero-order chi connectivity index (χ0) is 20.3. The number of aromatic hydroxyl groups is 1. The van der Waals surface area contributed by atoms with Crippen LogP contribution in [0.5, 0.6) is 5.75 Å². The van der Waals surface area contributed by atoms with Crippen LogP contribution in [0.25, 0.3) is 11.2 Å². The number of carbonyl (C=O) groups is 1. The first-order valence-corrected chi connectivity index (χ1v) is 7.96. The Morgan fingerprint density at radius 1 is 1.15 bits per heavy atom. The highest BCUT2D eigenvalue weighted by Crippen LogP contribution is 2.10. The number of hydrogen-bond acceptors (Lipinski definition) is 6. The van der Waals surface area contributed by atoms with Gasteiger partial charge in [-0.3, -0.25) is 18.7 Å². The van der Waals surface area contributed by atoms with Crippen molar-refractivity contribution in [3.63, 3.8) is 0 Å². The molecule has 1 aromatic carbocycles. The molecule has 0 fully saturated rings. The Bertz CT molecular complexity index is 1080. The van der Waals surface area contributed by atoms with E-state index in [0.29, 0.717) is 11.2 Å². The minimum Gasteiger partial charge on any atom is -0.508 e. The molecule has 10 heteroatoms. The zero-order valence-electron chi connectivity index (χ0n) is 15.2. The predicted octanol–water partition coefficient (Wildman–Crippen LogP) is -0.683. The van der Waals surface area contributed by atoms with Crippen LogP contribution in [0.4, 0.5) is 0 Å². The van der Waals surface area contributed by atoms with E-state index in [9.17, 15) is 14.4 Å². The Kier molecular flexibility index (Phi) is 5.81. The molecule has 0 aliphatic rings. The molecule has 1 atom stereocenters. The van der Waals surface area contributed by atoms with Crippen molar-refractivity contribution in [2.45, 2.75) is 12.5 Å². The topological polar surface area (TPSA) is 145 Å². The lowest BCUT2D eigenvalue weighted by Gasteiger charge is -2.05. The van der Waals surface area contributed by atoms with E-state index >= 15 is 0 Å². The fourth-order valence-electron chi connectivity index (χ4n) is 2.44. The Labute approximate surface area is 153 Å². The van der Waals surface area contributed by atoms with Crippen LogP contribution in [0.3, 0.4) is 0 Å². The van der Waals surface area contributed by atoms with Crippen molar-refractivity contribution in [2.75, 3.05) is 0 Å². The lowest BCUT2D eigenvalue weighted by atomic mass is 10.1. The van der Waals surface area contributed by atoms with Crippen LogP contribution in [0, 0.1) is 0 Å². The minimum absolute atomic E-state index is 0.160. The highest BCUT2D eigenvalue weighted by atomic mass is 16.4. The van der Waals surface area contributed by atoms with Crippen molar-refractivity contribution < 1.29 is 15.0 Å². The van der Waals surface area contributed by atoms with Crippen molar-refractivity contribution in [2.24, 2.45) is 26.9 Å². The number of phenolic OH excluding ortho intramolecular Hbond substituents is 1. The van der Waals surface area contributed by atoms with E-state index in [0.717, 1.165) is 10.1 Å². The zero-order valence-corrected chi connectivity index (χ0v) is 15.2. The highest BCUT2D eigenvalue weighted by Gasteiger charge is 2.12. The number of aryl methyl sites for hydroxylation is 2. The maximum atomic E-state index is 11.7. The molecule has 0 saturated carbocycles. The second-order valence-electron chi connectivity index (χ2n) is 6.05. The van der Waals surface area contributed by atoms with E-state index in [1.54, 1.807) is 30.8 Å². The standard InChI is InChI=1S/C9H11NO3.C8H10N4O2/c10-8(9(12)13)5-6-1-3-7(11)4-2-6;1-10-4-9-6-5(10)7(13)12(3)8(14)11(6)2/h1-4,8,11H,5,10H2,(H,12,13);4H,1-3H3. The van der Waals surface area contributed by atoms with E-state index in [1.165, 1.54) is 30.1 Å². The number of rotatable bonds is 3. The van der Waals surface area contributed by atoms with Gasteiger partial charge in [-0.1, -0.05) is 12.1 Å². The molecule has 0 saturated heterocycles. The summed E-state index contributed by atoms with van der Waals surface area (Å²) in [5, 5.41) is 17.5. The fourth-order valence-corrected chi connectivity index (χ4v) is 2.44. The van der Waals surface area contributed by atoms with Crippen LogP contribution in [0.15, 0.2) is 40.2 Å². The van der Waals surface area contributed by atoms with Gasteiger partial charge in [0.05, 0.1) is 6.33 Å². The molecule has 0 amide bonds. The van der Waals surface area contributed by atoms with Gasteiger partial charge in [-0.2, -0.15) is 0 Å². The van der Waals surface area contributed by atoms with Crippen LogP contribution in [0.1, 0.15) is 5.56 Å². The molecule has 10 nitrogen and oxygen atoms in total. The minimum atomic E-state index is -1.02. The third-order valence-corrected chi connectivity index (χ3v) is 4.03. The number of nitrogens with zero attached hydrogens (tertiary/aromatic N) is 4. The SMILES string of the molecule is Cn1c(=O)c2c(ncn2C)n(C)c1=O.NC(Cc1ccc(O)cc1)C(=O)O. The van der Waals surface area contributed by atoms with Gasteiger partial charge in [0, 0.05) is 21.1 Å². The first-order valence-electron chi connectivity index (χ1n) is 7.96. The van der Waals surface area contributed by atoms with Gasteiger partial charge in [0.25, 0.3) is 5.56 Å². The van der Waals surface area contributed by atoms with Gasteiger partial charge in [-0.25, -0.2) is 9.78 Å². The van der Waals surface area contributed by atoms with E-state index in [4.69, 9.17) is 15.9 Å². The Morgan fingerprint density at radius 2 is 1.74 bits per heavy atom. The van der Waals surface area contributed by atoms with Gasteiger partial charge in [-0.05, 0) is 24.1 Å². The van der Waals surface area contributed by atoms with Crippen molar-refractivity contribution in [3.8, 4) is 5.75 Å². The van der Waals surface area contributed by atoms with Crippen LogP contribution in [-0.4, -0.2) is 40.9 Å². The molecule has 1 unspecified atom stereocenters. The van der Waals surface area contributed by atoms with Crippen molar-refractivity contribution in [1.82, 2.24) is 18.7 Å². The van der Waals surface area contributed by atoms with Gasteiger partial charge in [-0.15, -0.1) is 0 Å². The summed E-state index contributed by atoms with van der Waals surface area (Å²) in [7, 11) is 4.77. The number of hydrogen-bond donors (Lipinski definition) is 3. The average Bonchev–Trinajstić information content (AvgIpc) is 3.02. The lowest BCUT2D eigenvalue weighted by molar-refractivity contribution is -0.138. The fraction of sp³-hybridized carbons (Fsp3) is 0.294. The Hall–Kier alpha value is -3.40. The van der Waals surface area contributed by atoms with E-state index in [2.05, 4.69) is 4.98 Å². The number of carboxylic acids is 1. The van der Waals surface area contributed by atoms with E-state index in [1.807, 2.05) is 0 Å². The molecule has 4 N–H and O–H groups in total. The first kappa shape index (κ1) is 19.9. The lowest BCUT2D eigenvalue weighted by Crippen LogP contribution is -2.37. The summed E-state index contributed by atoms with van der Waals surface area (Å²) in [6.45, 7) is 0. The third kappa shape index (κ3) is 4.23. The van der Waals surface area contributed by atoms with Crippen LogP contribution < -0.4 is 17.0 Å². The highest BCUT2D eigenvalue weighted by molar-refractivity contribution is 5.73. The van der Waals surface area contributed by atoms with Gasteiger partial charge >= 0.3 is 11.7 Å². The Morgan fingerprint density at radius 3 is 2.30 bits per heavy atom. The molecule has 0 aliphatic carbocycles. The maximum Gasteiger partial charge on any atom is 0.332 e. The summed E-state index contributed by atoms with van der Waals surface area (Å²) in [6.07, 6.45) is 1.79. The van der Waals surface area contributed by atoms with Gasteiger partial charge in [0.2, 0.25) is 0 Å². The monoisotopic (exact) mass is 375 g/mol. The summed E-state index contributed by atoms with van der Waals surface area (Å²) in [6, 6.07) is 5.42. The second kappa shape index (κ2) is 7.87. The van der Waals surface area contributed by atoms with Gasteiger partial charge in [0.1, 0.15) is 11.8 Å². The molecule has 27 heavy (non-hydrogen) atoms. The number of nitrogens with two attached hydrogens (primary N) is 1. The molecular formula is C17H21N5O5. The third-order valence-electron chi connectivity index (χ3n) is 4.03. The van der Waals surface area contributed by atoms with Gasteiger partial charge in [0.15, 0.2) is 11.2 Å². The van der Waals surface area contributed by atoms with Crippen molar-refractivity contribution in [3.05, 3.63) is 57.0 Å². The predicted molar refractivity (Wildman–Crippen MR) is 98.6 cm³/mol. The Balaban J connectivity index is 0.000000194. The molecule has 0 spiro atoms.